The van der Waals surface area contributed by atoms with Crippen molar-refractivity contribution in [1.82, 2.24) is 9.97 Å². The number of carbonyl (C=O) groups excluding carboxylic acids is 1. The lowest BCUT2D eigenvalue weighted by Gasteiger charge is -2.01. The van der Waals surface area contributed by atoms with Crippen LogP contribution in [0.5, 0.6) is 0 Å². The molecule has 0 saturated carbocycles. The summed E-state index contributed by atoms with van der Waals surface area (Å²) in [6.45, 7) is 1.99. The molecule has 0 amide bonds. The summed E-state index contributed by atoms with van der Waals surface area (Å²) < 4.78 is 0. The van der Waals surface area contributed by atoms with Gasteiger partial charge in [-0.25, -0.2) is 0 Å². The van der Waals surface area contributed by atoms with Crippen molar-refractivity contribution in [2.45, 2.75) is 13.3 Å². The van der Waals surface area contributed by atoms with Gasteiger partial charge in [-0.05, 0) is 36.8 Å². The number of carbonyl (C=O) groups is 1. The predicted octanol–water partition coefficient (Wildman–Crippen LogP) is 2.21. The normalized spacial score (nSPS) is 10.1. The first-order chi connectivity index (χ1) is 7.75. The van der Waals surface area contributed by atoms with Crippen molar-refractivity contribution < 1.29 is 4.79 Å². The minimum absolute atomic E-state index is 0.0699. The molecular formula is C13H12N2O. The Labute approximate surface area is 94.2 Å². The van der Waals surface area contributed by atoms with Crippen LogP contribution in [0.4, 0.5) is 0 Å². The topological polar surface area (TPSA) is 42.9 Å². The highest BCUT2D eigenvalue weighted by atomic mass is 16.1. The number of pyridine rings is 2. The molecule has 0 saturated heterocycles. The third kappa shape index (κ3) is 2.51. The monoisotopic (exact) mass is 212 g/mol. The highest BCUT2D eigenvalue weighted by Gasteiger charge is 2.07. The van der Waals surface area contributed by atoms with Crippen LogP contribution in [-0.2, 0) is 6.42 Å². The lowest BCUT2D eigenvalue weighted by molar-refractivity contribution is 0.0992. The second kappa shape index (κ2) is 4.66. The number of rotatable bonds is 3. The molecule has 0 atom stereocenters. The molecule has 80 valence electrons. The van der Waals surface area contributed by atoms with E-state index in [4.69, 9.17) is 0 Å². The minimum atomic E-state index is 0.0699. The maximum Gasteiger partial charge on any atom is 0.168 e. The van der Waals surface area contributed by atoms with Gasteiger partial charge in [0.25, 0.3) is 0 Å². The molecule has 16 heavy (non-hydrogen) atoms. The first kappa shape index (κ1) is 10.5. The molecule has 0 bridgehead atoms. The van der Waals surface area contributed by atoms with Gasteiger partial charge in [0.05, 0.1) is 6.42 Å². The van der Waals surface area contributed by atoms with Crippen molar-refractivity contribution in [3.63, 3.8) is 0 Å². The summed E-state index contributed by atoms with van der Waals surface area (Å²) in [7, 11) is 0. The molecule has 0 aliphatic carbocycles. The Morgan fingerprint density at radius 2 is 1.94 bits per heavy atom. The van der Waals surface area contributed by atoms with E-state index in [1.807, 2.05) is 19.1 Å². The van der Waals surface area contributed by atoms with Gasteiger partial charge in [0, 0.05) is 29.8 Å². The summed E-state index contributed by atoms with van der Waals surface area (Å²) in [5.41, 5.74) is 2.60. The lowest BCUT2D eigenvalue weighted by Crippen LogP contribution is -2.05. The van der Waals surface area contributed by atoms with Crippen molar-refractivity contribution >= 4 is 5.78 Å². The Balaban J connectivity index is 2.14. The van der Waals surface area contributed by atoms with Gasteiger partial charge in [0.2, 0.25) is 0 Å². The molecule has 2 aromatic rings. The minimum Gasteiger partial charge on any atom is -0.294 e. The van der Waals surface area contributed by atoms with Crippen molar-refractivity contribution in [2.75, 3.05) is 0 Å². The Bertz CT molecular complexity index is 494. The second-order valence-corrected chi connectivity index (χ2v) is 3.66. The summed E-state index contributed by atoms with van der Waals surface area (Å²) in [6.07, 6.45) is 5.31. The molecule has 0 spiro atoms. The van der Waals surface area contributed by atoms with E-state index in [0.717, 1.165) is 11.3 Å². The van der Waals surface area contributed by atoms with Crippen molar-refractivity contribution in [3.05, 3.63) is 59.7 Å². The van der Waals surface area contributed by atoms with Crippen LogP contribution in [0.25, 0.3) is 0 Å². The molecule has 2 heterocycles. The largest absolute Gasteiger partial charge is 0.294 e. The third-order valence-corrected chi connectivity index (χ3v) is 2.32. The van der Waals surface area contributed by atoms with E-state index in [2.05, 4.69) is 9.97 Å². The van der Waals surface area contributed by atoms with Crippen LogP contribution < -0.4 is 0 Å². The van der Waals surface area contributed by atoms with Crippen molar-refractivity contribution in [2.24, 2.45) is 0 Å². The smallest absolute Gasteiger partial charge is 0.168 e. The molecule has 0 N–H and O–H groups in total. The Hall–Kier alpha value is -2.03. The molecule has 0 unspecified atom stereocenters. The van der Waals surface area contributed by atoms with Crippen LogP contribution in [0.2, 0.25) is 0 Å². The Kier molecular flexibility index (Phi) is 3.05. The molecule has 3 heteroatoms. The first-order valence-electron chi connectivity index (χ1n) is 5.10. The molecule has 2 rings (SSSR count). The van der Waals surface area contributed by atoms with Gasteiger partial charge in [-0.3, -0.25) is 14.8 Å². The fourth-order valence-corrected chi connectivity index (χ4v) is 1.50. The van der Waals surface area contributed by atoms with E-state index in [1.54, 1.807) is 30.7 Å². The summed E-state index contributed by atoms with van der Waals surface area (Å²) in [5, 5.41) is 0. The van der Waals surface area contributed by atoms with E-state index >= 15 is 0 Å². The van der Waals surface area contributed by atoms with E-state index < -0.39 is 0 Å². The van der Waals surface area contributed by atoms with Crippen LogP contribution in [0.3, 0.4) is 0 Å². The van der Waals surface area contributed by atoms with E-state index in [1.165, 1.54) is 0 Å². The highest BCUT2D eigenvalue weighted by Crippen LogP contribution is 2.06. The Morgan fingerprint density at radius 1 is 1.19 bits per heavy atom. The molecule has 3 nitrogen and oxygen atoms in total. The van der Waals surface area contributed by atoms with Gasteiger partial charge in [-0.2, -0.15) is 0 Å². The molecule has 0 radical (unpaired) electrons. The number of aromatic nitrogens is 2. The average molecular weight is 212 g/mol. The zero-order valence-corrected chi connectivity index (χ0v) is 9.05. The second-order valence-electron chi connectivity index (χ2n) is 3.66. The van der Waals surface area contributed by atoms with E-state index in [9.17, 15) is 4.79 Å². The fraction of sp³-hybridized carbons (Fsp3) is 0.154. The molecule has 0 aromatic carbocycles. The van der Waals surface area contributed by atoms with Gasteiger partial charge >= 0.3 is 0 Å². The van der Waals surface area contributed by atoms with Gasteiger partial charge in [0.1, 0.15) is 0 Å². The van der Waals surface area contributed by atoms with Crippen LogP contribution in [-0.4, -0.2) is 15.8 Å². The van der Waals surface area contributed by atoms with Crippen LogP contribution in [0.1, 0.15) is 21.6 Å². The quantitative estimate of drug-likeness (QED) is 0.732. The van der Waals surface area contributed by atoms with Crippen LogP contribution in [0, 0.1) is 6.92 Å². The molecule has 0 aliphatic heterocycles. The number of Topliss-reactive ketones (excluding diaryl/α,β-unsaturated/α-hetero) is 1. The Morgan fingerprint density at radius 3 is 2.62 bits per heavy atom. The number of ketones is 1. The average Bonchev–Trinajstić information content (AvgIpc) is 2.30. The van der Waals surface area contributed by atoms with Gasteiger partial charge in [-0.15, -0.1) is 0 Å². The number of hydrogen-bond acceptors (Lipinski definition) is 3. The predicted molar refractivity (Wildman–Crippen MR) is 61.2 cm³/mol. The van der Waals surface area contributed by atoms with Crippen molar-refractivity contribution in [3.8, 4) is 0 Å². The van der Waals surface area contributed by atoms with E-state index in [0.29, 0.717) is 12.0 Å². The summed E-state index contributed by atoms with van der Waals surface area (Å²) in [4.78, 5) is 19.9. The molecule has 0 fully saturated rings. The van der Waals surface area contributed by atoms with Crippen molar-refractivity contribution in [1.29, 1.82) is 0 Å². The molecule has 0 aliphatic rings. The zero-order chi connectivity index (χ0) is 11.4. The lowest BCUT2D eigenvalue weighted by atomic mass is 10.1. The molecular weight excluding hydrogens is 200 g/mol. The van der Waals surface area contributed by atoms with Gasteiger partial charge in [0.15, 0.2) is 5.78 Å². The summed E-state index contributed by atoms with van der Waals surface area (Å²) in [5.74, 6) is 0.0699. The maximum atomic E-state index is 11.9. The fourth-order valence-electron chi connectivity index (χ4n) is 1.50. The maximum absolute atomic E-state index is 11.9. The molecule has 2 aromatic heterocycles. The summed E-state index contributed by atoms with van der Waals surface area (Å²) in [6, 6.07) is 7.29. The zero-order valence-electron chi connectivity index (χ0n) is 9.05. The summed E-state index contributed by atoms with van der Waals surface area (Å²) >= 11 is 0. The standard InChI is InChI=1S/C13H12N2O/c1-10-2-7-15-12(8-10)9-13(16)11-3-5-14-6-4-11/h2-8H,9H2,1H3. The number of hydrogen-bond donors (Lipinski definition) is 0. The SMILES string of the molecule is Cc1ccnc(CC(=O)c2ccncc2)c1. The van der Waals surface area contributed by atoms with Crippen LogP contribution in [0.15, 0.2) is 42.9 Å². The van der Waals surface area contributed by atoms with Crippen LogP contribution >= 0.6 is 0 Å². The number of nitrogens with zero attached hydrogens (tertiary/aromatic N) is 2. The number of aryl methyl sites for hydroxylation is 1. The first-order valence-corrected chi connectivity index (χ1v) is 5.10. The highest BCUT2D eigenvalue weighted by molar-refractivity contribution is 5.97. The van der Waals surface area contributed by atoms with Gasteiger partial charge in [-0.1, -0.05) is 0 Å². The third-order valence-electron chi connectivity index (χ3n) is 2.32. The van der Waals surface area contributed by atoms with E-state index in [-0.39, 0.29) is 5.78 Å². The van der Waals surface area contributed by atoms with Gasteiger partial charge < -0.3 is 0 Å².